The molecule has 0 bridgehead atoms. The first-order valence-corrected chi connectivity index (χ1v) is 6.26. The van der Waals surface area contributed by atoms with Gasteiger partial charge in [0.2, 0.25) is 0 Å². The standard InChI is InChI=1S/C12H15NO2S/c1-2-9(7-8-14)13-12(15)10-5-3-4-6-11(10)16-13/h3-6,9,14H,2,7-8H2,1H3. The molecule has 1 unspecified atom stereocenters. The highest BCUT2D eigenvalue weighted by atomic mass is 32.1. The molecule has 0 aliphatic carbocycles. The van der Waals surface area contributed by atoms with Crippen LogP contribution in [0.2, 0.25) is 0 Å². The minimum atomic E-state index is 0.0703. The Morgan fingerprint density at radius 2 is 2.19 bits per heavy atom. The van der Waals surface area contributed by atoms with E-state index in [1.807, 2.05) is 31.2 Å². The van der Waals surface area contributed by atoms with Gasteiger partial charge in [-0.3, -0.25) is 8.75 Å². The Balaban J connectivity index is 2.52. The number of rotatable bonds is 4. The predicted octanol–water partition coefficient (Wildman–Crippen LogP) is 2.40. The molecule has 0 saturated carbocycles. The lowest BCUT2D eigenvalue weighted by Crippen LogP contribution is -2.19. The molecule has 0 fully saturated rings. The summed E-state index contributed by atoms with van der Waals surface area (Å²) in [4.78, 5) is 12.1. The molecule has 1 aromatic heterocycles. The van der Waals surface area contributed by atoms with Crippen molar-refractivity contribution >= 4 is 21.6 Å². The van der Waals surface area contributed by atoms with Crippen molar-refractivity contribution in [1.82, 2.24) is 3.96 Å². The lowest BCUT2D eigenvalue weighted by molar-refractivity contribution is 0.258. The van der Waals surface area contributed by atoms with Gasteiger partial charge in [0.1, 0.15) is 0 Å². The maximum atomic E-state index is 12.1. The molecule has 2 rings (SSSR count). The first-order chi connectivity index (χ1) is 7.77. The van der Waals surface area contributed by atoms with Crippen molar-refractivity contribution in [3.63, 3.8) is 0 Å². The second-order valence-corrected chi connectivity index (χ2v) is 4.81. The van der Waals surface area contributed by atoms with Crippen molar-refractivity contribution in [2.75, 3.05) is 6.61 Å². The number of hydrogen-bond acceptors (Lipinski definition) is 3. The number of aromatic nitrogens is 1. The van der Waals surface area contributed by atoms with Crippen molar-refractivity contribution in [1.29, 1.82) is 0 Å². The van der Waals surface area contributed by atoms with Crippen LogP contribution in [0.5, 0.6) is 0 Å². The minimum absolute atomic E-state index is 0.0703. The molecule has 1 heterocycles. The first-order valence-electron chi connectivity index (χ1n) is 5.49. The van der Waals surface area contributed by atoms with Crippen LogP contribution in [0.15, 0.2) is 29.1 Å². The van der Waals surface area contributed by atoms with Crippen LogP contribution in [-0.2, 0) is 0 Å². The Labute approximate surface area is 98.1 Å². The van der Waals surface area contributed by atoms with Gasteiger partial charge in [0, 0.05) is 12.6 Å². The third-order valence-electron chi connectivity index (χ3n) is 2.78. The number of nitrogens with zero attached hydrogens (tertiary/aromatic N) is 1. The molecule has 0 spiro atoms. The van der Waals surface area contributed by atoms with Gasteiger partial charge >= 0.3 is 0 Å². The maximum Gasteiger partial charge on any atom is 0.268 e. The number of aliphatic hydroxyl groups is 1. The summed E-state index contributed by atoms with van der Waals surface area (Å²) in [5.74, 6) is 0. The lowest BCUT2D eigenvalue weighted by atomic mass is 10.2. The van der Waals surface area contributed by atoms with Crippen LogP contribution in [0.1, 0.15) is 25.8 Å². The van der Waals surface area contributed by atoms with Crippen molar-refractivity contribution in [2.24, 2.45) is 0 Å². The van der Waals surface area contributed by atoms with E-state index in [2.05, 4.69) is 0 Å². The van der Waals surface area contributed by atoms with Crippen LogP contribution in [-0.4, -0.2) is 15.7 Å². The van der Waals surface area contributed by atoms with E-state index in [1.165, 1.54) is 11.5 Å². The molecule has 0 radical (unpaired) electrons. The molecule has 0 saturated heterocycles. The lowest BCUT2D eigenvalue weighted by Gasteiger charge is -2.12. The minimum Gasteiger partial charge on any atom is -0.396 e. The van der Waals surface area contributed by atoms with Crippen LogP contribution in [0.4, 0.5) is 0 Å². The van der Waals surface area contributed by atoms with E-state index in [0.29, 0.717) is 6.42 Å². The summed E-state index contributed by atoms with van der Waals surface area (Å²) < 4.78 is 2.81. The van der Waals surface area contributed by atoms with Gasteiger partial charge in [0.15, 0.2) is 0 Å². The Hall–Kier alpha value is -1.13. The highest BCUT2D eigenvalue weighted by molar-refractivity contribution is 7.13. The number of fused-ring (bicyclic) bond motifs is 1. The molecule has 0 aliphatic heterocycles. The van der Waals surface area contributed by atoms with E-state index in [4.69, 9.17) is 5.11 Å². The molecular weight excluding hydrogens is 222 g/mol. The molecule has 2 aromatic rings. The van der Waals surface area contributed by atoms with Crippen molar-refractivity contribution in [2.45, 2.75) is 25.8 Å². The molecule has 0 amide bonds. The van der Waals surface area contributed by atoms with Gasteiger partial charge in [-0.15, -0.1) is 0 Å². The molecule has 4 heteroatoms. The number of hydrogen-bond donors (Lipinski definition) is 1. The quantitative estimate of drug-likeness (QED) is 0.887. The fourth-order valence-corrected chi connectivity index (χ4v) is 3.06. The summed E-state index contributed by atoms with van der Waals surface area (Å²) in [6.07, 6.45) is 1.51. The van der Waals surface area contributed by atoms with E-state index in [1.54, 1.807) is 3.96 Å². The van der Waals surface area contributed by atoms with Crippen molar-refractivity contribution in [3.8, 4) is 0 Å². The zero-order valence-corrected chi connectivity index (χ0v) is 10.0. The van der Waals surface area contributed by atoms with E-state index < -0.39 is 0 Å². The molecule has 16 heavy (non-hydrogen) atoms. The van der Waals surface area contributed by atoms with Crippen LogP contribution in [0.3, 0.4) is 0 Å². The van der Waals surface area contributed by atoms with Gasteiger partial charge in [-0.05, 0) is 25.0 Å². The monoisotopic (exact) mass is 237 g/mol. The maximum absolute atomic E-state index is 12.1. The van der Waals surface area contributed by atoms with Crippen molar-refractivity contribution in [3.05, 3.63) is 34.6 Å². The average molecular weight is 237 g/mol. The summed E-state index contributed by atoms with van der Waals surface area (Å²) in [6, 6.07) is 7.76. The number of benzene rings is 1. The molecular formula is C12H15NO2S. The number of aliphatic hydroxyl groups excluding tert-OH is 1. The van der Waals surface area contributed by atoms with Crippen LogP contribution >= 0.6 is 11.5 Å². The summed E-state index contributed by atoms with van der Waals surface area (Å²) in [5.41, 5.74) is 0.0703. The molecule has 3 nitrogen and oxygen atoms in total. The largest absolute Gasteiger partial charge is 0.396 e. The zero-order valence-electron chi connectivity index (χ0n) is 9.22. The smallest absolute Gasteiger partial charge is 0.268 e. The second-order valence-electron chi connectivity index (χ2n) is 3.79. The van der Waals surface area contributed by atoms with Gasteiger partial charge < -0.3 is 5.11 Å². The zero-order chi connectivity index (χ0) is 11.5. The Kier molecular flexibility index (Phi) is 3.41. The summed E-state index contributed by atoms with van der Waals surface area (Å²) >= 11 is 1.49. The van der Waals surface area contributed by atoms with Gasteiger partial charge in [-0.1, -0.05) is 30.6 Å². The van der Waals surface area contributed by atoms with E-state index in [0.717, 1.165) is 16.5 Å². The highest BCUT2D eigenvalue weighted by Crippen LogP contribution is 2.22. The molecule has 1 atom stereocenters. The summed E-state index contributed by atoms with van der Waals surface area (Å²) in [5, 5.41) is 9.77. The van der Waals surface area contributed by atoms with Crippen LogP contribution < -0.4 is 5.56 Å². The van der Waals surface area contributed by atoms with Gasteiger partial charge in [-0.25, -0.2) is 0 Å². The van der Waals surface area contributed by atoms with Gasteiger partial charge in [0.05, 0.1) is 10.1 Å². The van der Waals surface area contributed by atoms with Gasteiger partial charge in [-0.2, -0.15) is 0 Å². The third-order valence-corrected chi connectivity index (χ3v) is 3.99. The van der Waals surface area contributed by atoms with Crippen LogP contribution in [0.25, 0.3) is 10.1 Å². The Morgan fingerprint density at radius 3 is 2.81 bits per heavy atom. The third kappa shape index (κ3) is 1.90. The molecule has 86 valence electrons. The van der Waals surface area contributed by atoms with Crippen molar-refractivity contribution < 1.29 is 5.11 Å². The Morgan fingerprint density at radius 1 is 1.44 bits per heavy atom. The highest BCUT2D eigenvalue weighted by Gasteiger charge is 2.14. The Bertz CT molecular complexity index is 529. The normalized spacial score (nSPS) is 13.1. The SMILES string of the molecule is CCC(CCO)n1sc2ccccc2c1=O. The van der Waals surface area contributed by atoms with Gasteiger partial charge in [0.25, 0.3) is 5.56 Å². The first kappa shape index (κ1) is 11.4. The fraction of sp³-hybridized carbons (Fsp3) is 0.417. The topological polar surface area (TPSA) is 42.2 Å². The molecule has 1 N–H and O–H groups in total. The fourth-order valence-electron chi connectivity index (χ4n) is 1.87. The van der Waals surface area contributed by atoms with E-state index in [9.17, 15) is 4.79 Å². The molecule has 0 aliphatic rings. The molecule has 1 aromatic carbocycles. The summed E-state index contributed by atoms with van der Waals surface area (Å²) in [7, 11) is 0. The predicted molar refractivity (Wildman–Crippen MR) is 67.1 cm³/mol. The van der Waals surface area contributed by atoms with E-state index >= 15 is 0 Å². The second kappa shape index (κ2) is 4.80. The van der Waals surface area contributed by atoms with E-state index in [-0.39, 0.29) is 18.2 Å². The average Bonchev–Trinajstić information content (AvgIpc) is 2.64. The van der Waals surface area contributed by atoms with Crippen LogP contribution in [0, 0.1) is 0 Å². The summed E-state index contributed by atoms with van der Waals surface area (Å²) in [6.45, 7) is 2.16.